The molecule has 1 aliphatic rings. The number of nitrogens with two attached hydrogens (primary N) is 1. The average Bonchev–Trinajstić information content (AvgIpc) is 2.50. The van der Waals surface area contributed by atoms with Gasteiger partial charge in [0.25, 0.3) is 0 Å². The highest BCUT2D eigenvalue weighted by atomic mass is 15.4. The Morgan fingerprint density at radius 3 is 2.62 bits per heavy atom. The molecule has 0 bridgehead atoms. The van der Waals surface area contributed by atoms with Crippen molar-refractivity contribution in [1.29, 1.82) is 0 Å². The number of nitrogens with zero attached hydrogens (tertiary/aromatic N) is 3. The first kappa shape index (κ1) is 11.6. The standard InChI is InChI=1S/C12H22N4/c1-8-14-9(2)16(15-8)10-6-5-7-12(3,4)11(10)13/h10-11H,5-7,13H2,1-4H3. The van der Waals surface area contributed by atoms with Gasteiger partial charge in [0.05, 0.1) is 6.04 Å². The van der Waals surface area contributed by atoms with Crippen LogP contribution in [0.4, 0.5) is 0 Å². The molecule has 0 saturated heterocycles. The van der Waals surface area contributed by atoms with Crippen LogP contribution in [-0.2, 0) is 0 Å². The molecule has 4 heteroatoms. The topological polar surface area (TPSA) is 56.7 Å². The van der Waals surface area contributed by atoms with E-state index < -0.39 is 0 Å². The summed E-state index contributed by atoms with van der Waals surface area (Å²) in [6.07, 6.45) is 3.55. The second-order valence-electron chi connectivity index (χ2n) is 5.62. The minimum Gasteiger partial charge on any atom is -0.325 e. The van der Waals surface area contributed by atoms with Gasteiger partial charge in [-0.25, -0.2) is 9.67 Å². The third-order valence-electron chi connectivity index (χ3n) is 3.86. The normalized spacial score (nSPS) is 29.3. The summed E-state index contributed by atoms with van der Waals surface area (Å²) in [5.74, 6) is 1.82. The summed E-state index contributed by atoms with van der Waals surface area (Å²) >= 11 is 0. The Hall–Kier alpha value is -0.900. The molecule has 0 aliphatic heterocycles. The Kier molecular flexibility index (Phi) is 2.78. The molecule has 2 rings (SSSR count). The van der Waals surface area contributed by atoms with Crippen LogP contribution < -0.4 is 5.73 Å². The number of rotatable bonds is 1. The molecule has 0 amide bonds. The van der Waals surface area contributed by atoms with Crippen molar-refractivity contribution in [1.82, 2.24) is 14.8 Å². The van der Waals surface area contributed by atoms with E-state index in [1.807, 2.05) is 18.5 Å². The summed E-state index contributed by atoms with van der Waals surface area (Å²) in [6.45, 7) is 8.45. The van der Waals surface area contributed by atoms with Crippen LogP contribution in [0.3, 0.4) is 0 Å². The Morgan fingerprint density at radius 2 is 2.06 bits per heavy atom. The van der Waals surface area contributed by atoms with Crippen LogP contribution in [0.5, 0.6) is 0 Å². The van der Waals surface area contributed by atoms with E-state index in [9.17, 15) is 0 Å². The number of hydrogen-bond donors (Lipinski definition) is 1. The van der Waals surface area contributed by atoms with Gasteiger partial charge in [0.15, 0.2) is 0 Å². The van der Waals surface area contributed by atoms with Crippen molar-refractivity contribution in [2.45, 2.75) is 59.0 Å². The lowest BCUT2D eigenvalue weighted by Crippen LogP contribution is -2.47. The first-order chi connectivity index (χ1) is 7.42. The van der Waals surface area contributed by atoms with Crippen molar-refractivity contribution >= 4 is 0 Å². The average molecular weight is 222 g/mol. The molecule has 4 nitrogen and oxygen atoms in total. The summed E-state index contributed by atoms with van der Waals surface area (Å²) in [7, 11) is 0. The van der Waals surface area contributed by atoms with Crippen LogP contribution >= 0.6 is 0 Å². The third-order valence-corrected chi connectivity index (χ3v) is 3.86. The molecule has 1 aromatic heterocycles. The third kappa shape index (κ3) is 1.86. The maximum absolute atomic E-state index is 6.38. The van der Waals surface area contributed by atoms with Gasteiger partial charge in [0.2, 0.25) is 0 Å². The smallest absolute Gasteiger partial charge is 0.147 e. The van der Waals surface area contributed by atoms with Gasteiger partial charge >= 0.3 is 0 Å². The summed E-state index contributed by atoms with van der Waals surface area (Å²) < 4.78 is 2.03. The zero-order chi connectivity index (χ0) is 11.9. The van der Waals surface area contributed by atoms with Crippen molar-refractivity contribution in [3.05, 3.63) is 11.6 Å². The van der Waals surface area contributed by atoms with E-state index in [1.165, 1.54) is 12.8 Å². The zero-order valence-corrected chi connectivity index (χ0v) is 10.7. The molecule has 2 N–H and O–H groups in total. The molecule has 0 radical (unpaired) electrons. The van der Waals surface area contributed by atoms with Gasteiger partial charge in [0, 0.05) is 6.04 Å². The van der Waals surface area contributed by atoms with E-state index >= 15 is 0 Å². The predicted molar refractivity (Wildman–Crippen MR) is 64.1 cm³/mol. The molecule has 0 aromatic carbocycles. The van der Waals surface area contributed by atoms with Crippen LogP contribution in [0.25, 0.3) is 0 Å². The van der Waals surface area contributed by atoms with E-state index in [0.29, 0.717) is 6.04 Å². The van der Waals surface area contributed by atoms with Crippen molar-refractivity contribution in [2.75, 3.05) is 0 Å². The summed E-state index contributed by atoms with van der Waals surface area (Å²) in [5.41, 5.74) is 6.58. The molecule has 16 heavy (non-hydrogen) atoms. The highest BCUT2D eigenvalue weighted by Gasteiger charge is 2.38. The number of aromatic nitrogens is 3. The van der Waals surface area contributed by atoms with E-state index in [1.54, 1.807) is 0 Å². The molecule has 1 saturated carbocycles. The highest BCUT2D eigenvalue weighted by Crippen LogP contribution is 2.40. The van der Waals surface area contributed by atoms with E-state index in [2.05, 4.69) is 23.9 Å². The maximum atomic E-state index is 6.38. The molecule has 0 spiro atoms. The Bertz CT molecular complexity index is 380. The predicted octanol–water partition coefficient (Wildman–Crippen LogP) is 1.97. The van der Waals surface area contributed by atoms with Crippen LogP contribution in [-0.4, -0.2) is 20.8 Å². The lowest BCUT2D eigenvalue weighted by Gasteiger charge is -2.41. The fourth-order valence-electron chi connectivity index (χ4n) is 2.76. The second kappa shape index (κ2) is 3.84. The fraction of sp³-hybridized carbons (Fsp3) is 0.833. The van der Waals surface area contributed by atoms with E-state index in [4.69, 9.17) is 5.73 Å². The minimum atomic E-state index is 0.168. The molecule has 1 aliphatic carbocycles. The van der Waals surface area contributed by atoms with Crippen molar-refractivity contribution in [3.8, 4) is 0 Å². The molecule has 2 unspecified atom stereocenters. The van der Waals surface area contributed by atoms with Crippen molar-refractivity contribution < 1.29 is 0 Å². The molecular weight excluding hydrogens is 200 g/mol. The Morgan fingerprint density at radius 1 is 1.38 bits per heavy atom. The van der Waals surface area contributed by atoms with Gasteiger partial charge in [-0.3, -0.25) is 0 Å². The lowest BCUT2D eigenvalue weighted by atomic mass is 9.71. The molecule has 1 aromatic rings. The van der Waals surface area contributed by atoms with Crippen LogP contribution in [0.1, 0.15) is 50.8 Å². The summed E-state index contributed by atoms with van der Waals surface area (Å²) in [6, 6.07) is 0.478. The SMILES string of the molecule is Cc1nc(C)n(C2CCCC(C)(C)C2N)n1. The first-order valence-electron chi connectivity index (χ1n) is 6.07. The molecule has 90 valence electrons. The van der Waals surface area contributed by atoms with Gasteiger partial charge in [-0.05, 0) is 32.1 Å². The highest BCUT2D eigenvalue weighted by molar-refractivity contribution is 4.98. The van der Waals surface area contributed by atoms with E-state index in [-0.39, 0.29) is 11.5 Å². The van der Waals surface area contributed by atoms with Crippen molar-refractivity contribution in [2.24, 2.45) is 11.1 Å². The lowest BCUT2D eigenvalue weighted by molar-refractivity contribution is 0.133. The maximum Gasteiger partial charge on any atom is 0.147 e. The van der Waals surface area contributed by atoms with Gasteiger partial charge in [-0.1, -0.05) is 20.3 Å². The fourth-order valence-corrected chi connectivity index (χ4v) is 2.76. The summed E-state index contributed by atoms with van der Waals surface area (Å²) in [5, 5.41) is 4.48. The van der Waals surface area contributed by atoms with Gasteiger partial charge in [-0.15, -0.1) is 0 Å². The molecule has 1 fully saturated rings. The van der Waals surface area contributed by atoms with E-state index in [0.717, 1.165) is 18.1 Å². The number of hydrogen-bond acceptors (Lipinski definition) is 3. The zero-order valence-electron chi connectivity index (χ0n) is 10.7. The van der Waals surface area contributed by atoms with Gasteiger partial charge < -0.3 is 5.73 Å². The van der Waals surface area contributed by atoms with Gasteiger partial charge in [0.1, 0.15) is 11.6 Å². The van der Waals surface area contributed by atoms with Crippen molar-refractivity contribution in [3.63, 3.8) is 0 Å². The minimum absolute atomic E-state index is 0.168. The van der Waals surface area contributed by atoms with Crippen LogP contribution in [0, 0.1) is 19.3 Å². The quantitative estimate of drug-likeness (QED) is 0.790. The largest absolute Gasteiger partial charge is 0.325 e. The summed E-state index contributed by atoms with van der Waals surface area (Å²) in [4.78, 5) is 4.36. The number of aryl methyl sites for hydroxylation is 2. The van der Waals surface area contributed by atoms with Crippen LogP contribution in [0.2, 0.25) is 0 Å². The monoisotopic (exact) mass is 222 g/mol. The molecule has 2 atom stereocenters. The Balaban J connectivity index is 2.30. The Labute approximate surface area is 97.2 Å². The first-order valence-corrected chi connectivity index (χ1v) is 6.07. The molecule has 1 heterocycles. The van der Waals surface area contributed by atoms with Gasteiger partial charge in [-0.2, -0.15) is 5.10 Å². The van der Waals surface area contributed by atoms with Crippen LogP contribution in [0.15, 0.2) is 0 Å². The second-order valence-corrected chi connectivity index (χ2v) is 5.62. The molecular formula is C12H22N4.